The second-order valence-electron chi connectivity index (χ2n) is 8.54. The summed E-state index contributed by atoms with van der Waals surface area (Å²) in [5, 5.41) is 6.78. The molecule has 0 bridgehead atoms. The maximum absolute atomic E-state index is 6.12. The highest BCUT2D eigenvalue weighted by Gasteiger charge is 2.15. The topological polar surface area (TPSA) is 65.0 Å². The first-order valence-electron chi connectivity index (χ1n) is 11.6. The average Bonchev–Trinajstić information content (AvgIpc) is 2.81. The number of benzene rings is 1. The van der Waals surface area contributed by atoms with Crippen molar-refractivity contribution in [2.45, 2.75) is 46.4 Å². The van der Waals surface area contributed by atoms with Gasteiger partial charge in [-0.15, -0.1) is 24.0 Å². The summed E-state index contributed by atoms with van der Waals surface area (Å²) in [7, 11) is 3.95. The fourth-order valence-corrected chi connectivity index (χ4v) is 3.55. The van der Waals surface area contributed by atoms with Crippen molar-refractivity contribution in [3.05, 3.63) is 53.2 Å². The molecule has 7 nitrogen and oxygen atoms in total. The van der Waals surface area contributed by atoms with Gasteiger partial charge in [0.2, 0.25) is 0 Å². The lowest BCUT2D eigenvalue weighted by atomic mass is 10.1. The molecule has 0 spiro atoms. The van der Waals surface area contributed by atoms with Gasteiger partial charge in [-0.2, -0.15) is 0 Å². The van der Waals surface area contributed by atoms with Gasteiger partial charge in [0.1, 0.15) is 11.6 Å². The number of hydrogen-bond acceptors (Lipinski definition) is 5. The van der Waals surface area contributed by atoms with Crippen LogP contribution in [-0.4, -0.2) is 62.2 Å². The summed E-state index contributed by atoms with van der Waals surface area (Å²) in [6.07, 6.45) is 3.12. The molecule has 1 aromatic carbocycles. The molecule has 8 heteroatoms. The lowest BCUT2D eigenvalue weighted by Crippen LogP contribution is -2.44. The lowest BCUT2D eigenvalue weighted by Gasteiger charge is -2.33. The van der Waals surface area contributed by atoms with E-state index in [0.717, 1.165) is 61.3 Å². The van der Waals surface area contributed by atoms with Crippen molar-refractivity contribution in [1.29, 1.82) is 0 Å². The predicted octanol–water partition coefficient (Wildman–Crippen LogP) is 3.80. The summed E-state index contributed by atoms with van der Waals surface area (Å²) in [5.41, 5.74) is 3.45. The molecule has 0 radical (unpaired) electrons. The predicted molar refractivity (Wildman–Crippen MR) is 148 cm³/mol. The van der Waals surface area contributed by atoms with Crippen LogP contribution >= 0.6 is 24.0 Å². The van der Waals surface area contributed by atoms with E-state index in [9.17, 15) is 0 Å². The van der Waals surface area contributed by atoms with Crippen LogP contribution in [0.25, 0.3) is 0 Å². The molecule has 0 saturated carbocycles. The number of rotatable bonds is 8. The third kappa shape index (κ3) is 8.33. The number of ether oxygens (including phenoxy) is 1. The minimum Gasteiger partial charge on any atom is -0.490 e. The molecule has 1 aromatic heterocycles. The Morgan fingerprint density at radius 2 is 1.85 bits per heavy atom. The number of nitrogens with zero attached hydrogens (tertiary/aromatic N) is 4. The highest BCUT2D eigenvalue weighted by molar-refractivity contribution is 14.0. The largest absolute Gasteiger partial charge is 0.490 e. The van der Waals surface area contributed by atoms with E-state index in [2.05, 4.69) is 88.6 Å². The number of hydrogen-bond donors (Lipinski definition) is 2. The number of guanidine groups is 1. The van der Waals surface area contributed by atoms with E-state index >= 15 is 0 Å². The Bertz CT molecular complexity index is 881. The van der Waals surface area contributed by atoms with Gasteiger partial charge in [-0.3, -0.25) is 4.99 Å². The Kier molecular flexibility index (Phi) is 11.2. The minimum atomic E-state index is 0. The van der Waals surface area contributed by atoms with Crippen LogP contribution in [0.2, 0.25) is 0 Å². The molecule has 3 rings (SSSR count). The second kappa shape index (κ2) is 13.6. The minimum absolute atomic E-state index is 0. The van der Waals surface area contributed by atoms with Crippen molar-refractivity contribution in [1.82, 2.24) is 20.5 Å². The SMILES string of the molecule is CCC(C)Oc1cc(C)ccc1CNC(=NC)NCc1ccc(N2CCN(C)CC2)nc1.I. The molecule has 1 aliphatic rings. The van der Waals surface area contributed by atoms with Crippen molar-refractivity contribution >= 4 is 35.8 Å². The zero-order valence-electron chi connectivity index (χ0n) is 20.6. The molecular formula is C25H39IN6O. The second-order valence-corrected chi connectivity index (χ2v) is 8.54. The average molecular weight is 567 g/mol. The van der Waals surface area contributed by atoms with Gasteiger partial charge < -0.3 is 25.2 Å². The van der Waals surface area contributed by atoms with Crippen LogP contribution in [0.5, 0.6) is 5.75 Å². The molecule has 2 N–H and O–H groups in total. The number of aryl methyl sites for hydroxylation is 1. The summed E-state index contributed by atoms with van der Waals surface area (Å²) >= 11 is 0. The number of piperazine rings is 1. The number of pyridine rings is 1. The highest BCUT2D eigenvalue weighted by atomic mass is 127. The number of anilines is 1. The first-order chi connectivity index (χ1) is 15.5. The van der Waals surface area contributed by atoms with Gasteiger partial charge in [-0.05, 0) is 50.6 Å². The summed E-state index contributed by atoms with van der Waals surface area (Å²) in [6, 6.07) is 10.6. The van der Waals surface area contributed by atoms with Gasteiger partial charge in [0.25, 0.3) is 0 Å². The van der Waals surface area contributed by atoms with Crippen molar-refractivity contribution in [3.63, 3.8) is 0 Å². The molecule has 1 aliphatic heterocycles. The van der Waals surface area contributed by atoms with Crippen LogP contribution in [0.4, 0.5) is 5.82 Å². The molecule has 2 heterocycles. The lowest BCUT2D eigenvalue weighted by molar-refractivity contribution is 0.215. The molecule has 1 atom stereocenters. The van der Waals surface area contributed by atoms with Crippen molar-refractivity contribution in [2.24, 2.45) is 4.99 Å². The monoisotopic (exact) mass is 566 g/mol. The third-order valence-electron chi connectivity index (χ3n) is 5.89. The van der Waals surface area contributed by atoms with Crippen molar-refractivity contribution in [2.75, 3.05) is 45.2 Å². The zero-order chi connectivity index (χ0) is 22.9. The number of aromatic nitrogens is 1. The van der Waals surface area contributed by atoms with Gasteiger partial charge in [0.05, 0.1) is 6.10 Å². The molecule has 182 valence electrons. The highest BCUT2D eigenvalue weighted by Crippen LogP contribution is 2.22. The van der Waals surface area contributed by atoms with E-state index in [1.807, 2.05) is 6.20 Å². The Morgan fingerprint density at radius 1 is 1.12 bits per heavy atom. The molecule has 2 aromatic rings. The molecular weight excluding hydrogens is 527 g/mol. The number of nitrogens with one attached hydrogen (secondary N) is 2. The summed E-state index contributed by atoms with van der Waals surface area (Å²) < 4.78 is 6.12. The van der Waals surface area contributed by atoms with E-state index in [1.54, 1.807) is 7.05 Å². The van der Waals surface area contributed by atoms with Crippen LogP contribution < -0.4 is 20.3 Å². The third-order valence-corrected chi connectivity index (χ3v) is 5.89. The van der Waals surface area contributed by atoms with E-state index in [4.69, 9.17) is 4.74 Å². The smallest absolute Gasteiger partial charge is 0.191 e. The summed E-state index contributed by atoms with van der Waals surface area (Å²) in [5.74, 6) is 2.74. The van der Waals surface area contributed by atoms with Gasteiger partial charge >= 0.3 is 0 Å². The van der Waals surface area contributed by atoms with Gasteiger partial charge in [0, 0.05) is 58.1 Å². The molecule has 33 heavy (non-hydrogen) atoms. The van der Waals surface area contributed by atoms with Crippen molar-refractivity contribution < 1.29 is 4.74 Å². The van der Waals surface area contributed by atoms with Gasteiger partial charge in [-0.25, -0.2) is 4.98 Å². The fraction of sp³-hybridized carbons (Fsp3) is 0.520. The Labute approximate surface area is 216 Å². The van der Waals surface area contributed by atoms with Crippen molar-refractivity contribution in [3.8, 4) is 5.75 Å². The van der Waals surface area contributed by atoms with Crippen LogP contribution in [0.1, 0.15) is 37.0 Å². The molecule has 0 amide bonds. The van der Waals surface area contributed by atoms with E-state index in [1.165, 1.54) is 5.56 Å². The Morgan fingerprint density at radius 3 is 2.48 bits per heavy atom. The molecule has 1 saturated heterocycles. The summed E-state index contributed by atoms with van der Waals surface area (Å²) in [4.78, 5) is 13.7. The quantitative estimate of drug-likeness (QED) is 0.288. The Hall–Kier alpha value is -2.07. The molecule has 1 fully saturated rings. The fourth-order valence-electron chi connectivity index (χ4n) is 3.55. The maximum Gasteiger partial charge on any atom is 0.191 e. The zero-order valence-corrected chi connectivity index (χ0v) is 22.9. The van der Waals surface area contributed by atoms with E-state index < -0.39 is 0 Å². The van der Waals surface area contributed by atoms with E-state index in [0.29, 0.717) is 13.1 Å². The van der Waals surface area contributed by atoms with Crippen LogP contribution in [0, 0.1) is 6.92 Å². The number of halogens is 1. The first-order valence-corrected chi connectivity index (χ1v) is 11.6. The Balaban J connectivity index is 0.00000385. The van der Waals surface area contributed by atoms with Crippen LogP contribution in [0.3, 0.4) is 0 Å². The van der Waals surface area contributed by atoms with E-state index in [-0.39, 0.29) is 30.1 Å². The maximum atomic E-state index is 6.12. The normalized spacial score (nSPS) is 15.5. The summed E-state index contributed by atoms with van der Waals surface area (Å²) in [6.45, 7) is 11.9. The van der Waals surface area contributed by atoms with Crippen LogP contribution in [0.15, 0.2) is 41.5 Å². The standard InChI is InChI=1S/C25H38N6O.HI/c1-6-20(3)32-23-15-19(2)7-9-22(23)18-29-25(26-4)28-17-21-8-10-24(27-16-21)31-13-11-30(5)12-14-31;/h7-10,15-16,20H,6,11-14,17-18H2,1-5H3,(H2,26,28,29);1H. The van der Waals surface area contributed by atoms with Gasteiger partial charge in [-0.1, -0.05) is 25.1 Å². The first kappa shape index (κ1) is 27.2. The molecule has 1 unspecified atom stereocenters. The number of likely N-dealkylation sites (N-methyl/N-ethyl adjacent to an activating group) is 1. The van der Waals surface area contributed by atoms with Gasteiger partial charge in [0.15, 0.2) is 5.96 Å². The number of aliphatic imine (C=N–C) groups is 1. The van der Waals surface area contributed by atoms with Crippen LogP contribution in [-0.2, 0) is 13.1 Å². The molecule has 0 aliphatic carbocycles.